The molecule has 0 aliphatic carbocycles. The number of anilines is 1. The monoisotopic (exact) mass is 273 g/mol. The highest BCUT2D eigenvalue weighted by atomic mass is 32.2. The highest BCUT2D eigenvalue weighted by Crippen LogP contribution is 2.24. The van der Waals surface area contributed by atoms with Gasteiger partial charge in [-0.15, -0.1) is 11.3 Å². The molecule has 0 bridgehead atoms. The third-order valence-electron chi connectivity index (χ3n) is 2.77. The zero-order valence-electron chi connectivity index (χ0n) is 11.2. The summed E-state index contributed by atoms with van der Waals surface area (Å²) >= 11 is 3.69. The number of thioether (sulfide) groups is 1. The summed E-state index contributed by atoms with van der Waals surface area (Å²) in [6.45, 7) is 6.30. The van der Waals surface area contributed by atoms with Gasteiger partial charge in [0.15, 0.2) is 5.13 Å². The lowest BCUT2D eigenvalue weighted by atomic mass is 10.2. The van der Waals surface area contributed by atoms with Crippen LogP contribution in [-0.4, -0.2) is 36.6 Å². The van der Waals surface area contributed by atoms with E-state index in [2.05, 4.69) is 42.4 Å². The van der Waals surface area contributed by atoms with Crippen molar-refractivity contribution >= 4 is 28.2 Å². The summed E-state index contributed by atoms with van der Waals surface area (Å²) in [6.07, 6.45) is 5.32. The molecule has 1 aromatic rings. The van der Waals surface area contributed by atoms with Crippen molar-refractivity contribution in [2.45, 2.75) is 32.9 Å². The van der Waals surface area contributed by atoms with E-state index in [1.165, 1.54) is 11.3 Å². The van der Waals surface area contributed by atoms with Crippen molar-refractivity contribution in [2.75, 3.05) is 30.5 Å². The summed E-state index contributed by atoms with van der Waals surface area (Å²) in [5.74, 6) is 1.16. The standard InChI is InChI=1S/C12H23N3S2/c1-5-10(9-16-4)15(3)12-14-8-11(17-12)7-13-6-2/h8,10,13H,5-7,9H2,1-4H3. The van der Waals surface area contributed by atoms with Crippen LogP contribution in [0.15, 0.2) is 6.20 Å². The average molecular weight is 273 g/mol. The molecule has 0 saturated heterocycles. The largest absolute Gasteiger partial charge is 0.347 e. The van der Waals surface area contributed by atoms with E-state index in [9.17, 15) is 0 Å². The Morgan fingerprint density at radius 1 is 1.53 bits per heavy atom. The second-order valence-corrected chi connectivity index (χ2v) is 6.02. The van der Waals surface area contributed by atoms with Crippen molar-refractivity contribution in [3.8, 4) is 0 Å². The van der Waals surface area contributed by atoms with Crippen LogP contribution in [0.5, 0.6) is 0 Å². The van der Waals surface area contributed by atoms with Crippen LogP contribution in [0.1, 0.15) is 25.1 Å². The second kappa shape index (κ2) is 7.95. The smallest absolute Gasteiger partial charge is 0.185 e. The first-order chi connectivity index (χ1) is 8.22. The fourth-order valence-electron chi connectivity index (χ4n) is 1.64. The van der Waals surface area contributed by atoms with E-state index >= 15 is 0 Å². The highest BCUT2D eigenvalue weighted by Gasteiger charge is 2.15. The molecule has 0 aliphatic rings. The quantitative estimate of drug-likeness (QED) is 0.788. The van der Waals surface area contributed by atoms with E-state index in [0.29, 0.717) is 6.04 Å². The van der Waals surface area contributed by atoms with E-state index in [-0.39, 0.29) is 0 Å². The molecule has 0 fully saturated rings. The molecular formula is C12H23N3S2. The summed E-state index contributed by atoms with van der Waals surface area (Å²) in [7, 11) is 2.15. The topological polar surface area (TPSA) is 28.2 Å². The Morgan fingerprint density at radius 2 is 2.29 bits per heavy atom. The molecule has 17 heavy (non-hydrogen) atoms. The first kappa shape index (κ1) is 14.8. The predicted molar refractivity (Wildman–Crippen MR) is 80.4 cm³/mol. The van der Waals surface area contributed by atoms with Crippen molar-refractivity contribution in [1.29, 1.82) is 0 Å². The molecule has 0 aromatic carbocycles. The van der Waals surface area contributed by atoms with E-state index < -0.39 is 0 Å². The summed E-state index contributed by atoms with van der Waals surface area (Å²) in [4.78, 5) is 8.14. The van der Waals surface area contributed by atoms with Gasteiger partial charge in [-0.1, -0.05) is 13.8 Å². The van der Waals surface area contributed by atoms with Gasteiger partial charge in [0.05, 0.1) is 0 Å². The molecule has 1 N–H and O–H groups in total. The average Bonchev–Trinajstić information content (AvgIpc) is 2.81. The number of nitrogens with zero attached hydrogens (tertiary/aromatic N) is 2. The van der Waals surface area contributed by atoms with Crippen molar-refractivity contribution < 1.29 is 0 Å². The molecule has 0 saturated carbocycles. The van der Waals surface area contributed by atoms with Gasteiger partial charge in [-0.05, 0) is 19.2 Å². The number of rotatable bonds is 8. The van der Waals surface area contributed by atoms with Crippen LogP contribution in [-0.2, 0) is 6.54 Å². The molecule has 1 unspecified atom stereocenters. The lowest BCUT2D eigenvalue weighted by Crippen LogP contribution is -2.32. The summed E-state index contributed by atoms with van der Waals surface area (Å²) in [5.41, 5.74) is 0. The maximum atomic E-state index is 4.52. The number of nitrogens with one attached hydrogen (secondary N) is 1. The minimum atomic E-state index is 0.586. The molecular weight excluding hydrogens is 250 g/mol. The molecule has 98 valence electrons. The van der Waals surface area contributed by atoms with Crippen LogP contribution in [0.4, 0.5) is 5.13 Å². The van der Waals surface area contributed by atoms with Crippen LogP contribution >= 0.6 is 23.1 Å². The van der Waals surface area contributed by atoms with Crippen molar-refractivity contribution in [1.82, 2.24) is 10.3 Å². The van der Waals surface area contributed by atoms with Gasteiger partial charge in [0.1, 0.15) is 0 Å². The van der Waals surface area contributed by atoms with Crippen LogP contribution in [0.2, 0.25) is 0 Å². The normalized spacial score (nSPS) is 12.7. The summed E-state index contributed by atoms with van der Waals surface area (Å²) in [6, 6.07) is 0.586. The van der Waals surface area contributed by atoms with Gasteiger partial charge in [0.2, 0.25) is 0 Å². The lowest BCUT2D eigenvalue weighted by Gasteiger charge is -2.26. The second-order valence-electron chi connectivity index (χ2n) is 4.02. The van der Waals surface area contributed by atoms with Crippen molar-refractivity contribution in [3.63, 3.8) is 0 Å². The van der Waals surface area contributed by atoms with Gasteiger partial charge in [-0.25, -0.2) is 4.98 Å². The van der Waals surface area contributed by atoms with Gasteiger partial charge in [-0.3, -0.25) is 0 Å². The fraction of sp³-hybridized carbons (Fsp3) is 0.750. The van der Waals surface area contributed by atoms with Gasteiger partial charge in [-0.2, -0.15) is 11.8 Å². The van der Waals surface area contributed by atoms with Crippen LogP contribution in [0.3, 0.4) is 0 Å². The zero-order chi connectivity index (χ0) is 12.7. The Labute approximate surface area is 113 Å². The summed E-state index contributed by atoms with van der Waals surface area (Å²) < 4.78 is 0. The van der Waals surface area contributed by atoms with E-state index in [4.69, 9.17) is 0 Å². The molecule has 1 heterocycles. The number of thiazole rings is 1. The Balaban J connectivity index is 2.61. The molecule has 0 spiro atoms. The molecule has 1 rings (SSSR count). The maximum Gasteiger partial charge on any atom is 0.185 e. The van der Waals surface area contributed by atoms with E-state index in [1.54, 1.807) is 11.3 Å². The summed E-state index contributed by atoms with van der Waals surface area (Å²) in [5, 5.41) is 4.47. The lowest BCUT2D eigenvalue weighted by molar-refractivity contribution is 0.671. The Bertz CT molecular complexity index is 314. The van der Waals surface area contributed by atoms with E-state index in [0.717, 1.165) is 24.0 Å². The number of aromatic nitrogens is 1. The van der Waals surface area contributed by atoms with Crippen molar-refractivity contribution in [3.05, 3.63) is 11.1 Å². The molecule has 3 nitrogen and oxygen atoms in total. The first-order valence-electron chi connectivity index (χ1n) is 6.10. The Morgan fingerprint density at radius 3 is 2.88 bits per heavy atom. The number of hydrogen-bond donors (Lipinski definition) is 1. The molecule has 0 amide bonds. The van der Waals surface area contributed by atoms with Gasteiger partial charge in [0.25, 0.3) is 0 Å². The molecule has 0 aliphatic heterocycles. The fourth-order valence-corrected chi connectivity index (χ4v) is 3.40. The van der Waals surface area contributed by atoms with Crippen LogP contribution < -0.4 is 10.2 Å². The van der Waals surface area contributed by atoms with E-state index in [1.807, 2.05) is 18.0 Å². The Hall–Kier alpha value is -0.260. The van der Waals surface area contributed by atoms with Gasteiger partial charge >= 0.3 is 0 Å². The maximum absolute atomic E-state index is 4.52. The molecule has 1 atom stereocenters. The minimum Gasteiger partial charge on any atom is -0.347 e. The first-order valence-corrected chi connectivity index (χ1v) is 8.31. The van der Waals surface area contributed by atoms with Gasteiger partial charge < -0.3 is 10.2 Å². The molecule has 0 radical (unpaired) electrons. The molecule has 1 aromatic heterocycles. The van der Waals surface area contributed by atoms with Crippen LogP contribution in [0, 0.1) is 0 Å². The van der Waals surface area contributed by atoms with Crippen LogP contribution in [0.25, 0.3) is 0 Å². The Kier molecular flexibility index (Phi) is 6.92. The zero-order valence-corrected chi connectivity index (χ0v) is 12.8. The third-order valence-corrected chi connectivity index (χ3v) is 4.58. The SMILES string of the molecule is CCNCc1cnc(N(C)C(CC)CSC)s1. The highest BCUT2D eigenvalue weighted by molar-refractivity contribution is 7.98. The minimum absolute atomic E-state index is 0.586. The van der Waals surface area contributed by atoms with Gasteiger partial charge in [0, 0.05) is 36.5 Å². The molecule has 5 heteroatoms. The predicted octanol–water partition coefficient (Wildman–Crippen LogP) is 2.83. The van der Waals surface area contributed by atoms with Crippen molar-refractivity contribution in [2.24, 2.45) is 0 Å². The number of hydrogen-bond acceptors (Lipinski definition) is 5. The third kappa shape index (κ3) is 4.48.